The van der Waals surface area contributed by atoms with Gasteiger partial charge in [-0.2, -0.15) is 17.5 Å². The SMILES string of the molecule is C[C@@H](C(=O)N1CCc2ccccc21)N1CCN(S(=O)(=O)c2cccc(C(F)(F)F)c2)CC1. The highest BCUT2D eigenvalue weighted by atomic mass is 32.2. The predicted octanol–water partition coefficient (Wildman–Crippen LogP) is 2.99. The second-order valence-electron chi connectivity index (χ2n) is 8.01. The minimum absolute atomic E-state index is 0.0378. The van der Waals surface area contributed by atoms with Crippen LogP contribution in [0.5, 0.6) is 0 Å². The summed E-state index contributed by atoms with van der Waals surface area (Å²) in [5, 5.41) is 0. The zero-order valence-corrected chi connectivity index (χ0v) is 18.4. The lowest BCUT2D eigenvalue weighted by Crippen LogP contribution is -2.55. The number of alkyl halides is 3. The van der Waals surface area contributed by atoms with Gasteiger partial charge in [0.2, 0.25) is 15.9 Å². The molecule has 1 amide bonds. The van der Waals surface area contributed by atoms with Gasteiger partial charge in [0.15, 0.2) is 0 Å². The van der Waals surface area contributed by atoms with Crippen molar-refractivity contribution in [1.82, 2.24) is 9.21 Å². The van der Waals surface area contributed by atoms with E-state index >= 15 is 0 Å². The lowest BCUT2D eigenvalue weighted by Gasteiger charge is -2.38. The molecule has 0 aliphatic carbocycles. The molecule has 0 saturated carbocycles. The summed E-state index contributed by atoms with van der Waals surface area (Å²) in [6, 6.07) is 11.1. The van der Waals surface area contributed by atoms with Crippen LogP contribution in [0.4, 0.5) is 18.9 Å². The third kappa shape index (κ3) is 4.26. The van der Waals surface area contributed by atoms with Gasteiger partial charge in [0.05, 0.1) is 16.5 Å². The van der Waals surface area contributed by atoms with Crippen LogP contribution in [0.15, 0.2) is 53.4 Å². The highest BCUT2D eigenvalue weighted by Crippen LogP contribution is 2.32. The second kappa shape index (κ2) is 8.49. The van der Waals surface area contributed by atoms with Crippen molar-refractivity contribution in [2.24, 2.45) is 0 Å². The topological polar surface area (TPSA) is 60.9 Å². The molecule has 6 nitrogen and oxygen atoms in total. The molecule has 1 fully saturated rings. The minimum Gasteiger partial charge on any atom is -0.310 e. The van der Waals surface area contributed by atoms with E-state index in [-0.39, 0.29) is 23.9 Å². The van der Waals surface area contributed by atoms with Gasteiger partial charge in [-0.05, 0) is 43.2 Å². The Labute approximate surface area is 185 Å². The van der Waals surface area contributed by atoms with Crippen LogP contribution in [0.2, 0.25) is 0 Å². The van der Waals surface area contributed by atoms with Crippen molar-refractivity contribution in [2.75, 3.05) is 37.6 Å². The second-order valence-corrected chi connectivity index (χ2v) is 9.95. The standard InChI is InChI=1S/C22H24F3N3O3S/c1-16(21(29)28-10-9-17-5-2-3-8-20(17)28)26-11-13-27(14-12-26)32(30,31)19-7-4-6-18(15-19)22(23,24)25/h2-8,15-16H,9-14H2,1H3/t16-/m0/s1. The van der Waals surface area contributed by atoms with Gasteiger partial charge in [-0.25, -0.2) is 8.42 Å². The zero-order chi connectivity index (χ0) is 23.1. The first kappa shape index (κ1) is 22.8. The zero-order valence-electron chi connectivity index (χ0n) is 17.5. The van der Waals surface area contributed by atoms with Crippen LogP contribution in [0.3, 0.4) is 0 Å². The summed E-state index contributed by atoms with van der Waals surface area (Å²) in [7, 11) is -4.06. The highest BCUT2D eigenvalue weighted by Gasteiger charge is 2.36. The Kier molecular flexibility index (Phi) is 6.04. The number of benzene rings is 2. The molecule has 10 heteroatoms. The Hall–Kier alpha value is -2.43. The molecule has 2 aromatic rings. The van der Waals surface area contributed by atoms with Gasteiger partial charge in [0, 0.05) is 38.4 Å². The molecule has 1 atom stereocenters. The van der Waals surface area contributed by atoms with Gasteiger partial charge >= 0.3 is 6.18 Å². The molecule has 0 N–H and O–H groups in total. The van der Waals surface area contributed by atoms with Crippen molar-refractivity contribution in [3.8, 4) is 0 Å². The van der Waals surface area contributed by atoms with Gasteiger partial charge in [0.25, 0.3) is 0 Å². The number of nitrogens with zero attached hydrogens (tertiary/aromatic N) is 3. The van der Waals surface area contributed by atoms with E-state index in [1.54, 1.807) is 11.8 Å². The smallest absolute Gasteiger partial charge is 0.310 e. The number of rotatable bonds is 4. The molecule has 172 valence electrons. The summed E-state index contributed by atoms with van der Waals surface area (Å²) < 4.78 is 65.9. The highest BCUT2D eigenvalue weighted by molar-refractivity contribution is 7.89. The van der Waals surface area contributed by atoms with Crippen LogP contribution in [-0.4, -0.2) is 62.3 Å². The van der Waals surface area contributed by atoms with E-state index < -0.39 is 27.8 Å². The molecule has 2 heterocycles. The first-order chi connectivity index (χ1) is 15.1. The average molecular weight is 468 g/mol. The van der Waals surface area contributed by atoms with E-state index in [4.69, 9.17) is 0 Å². The molecule has 0 radical (unpaired) electrons. The monoisotopic (exact) mass is 467 g/mol. The summed E-state index contributed by atoms with van der Waals surface area (Å²) in [6.45, 7) is 3.27. The minimum atomic E-state index is -4.62. The number of sulfonamides is 1. The molecule has 2 aliphatic rings. The number of carbonyl (C=O) groups is 1. The van der Waals surface area contributed by atoms with Crippen LogP contribution in [0, 0.1) is 0 Å². The molecule has 0 unspecified atom stereocenters. The van der Waals surface area contributed by atoms with Crippen molar-refractivity contribution >= 4 is 21.6 Å². The van der Waals surface area contributed by atoms with E-state index in [0.29, 0.717) is 25.7 Å². The number of para-hydroxylation sites is 1. The Morgan fingerprint density at radius 1 is 0.969 bits per heavy atom. The number of anilines is 1. The third-order valence-electron chi connectivity index (χ3n) is 6.13. The number of piperazine rings is 1. The van der Waals surface area contributed by atoms with Crippen LogP contribution >= 0.6 is 0 Å². The van der Waals surface area contributed by atoms with Crippen molar-refractivity contribution < 1.29 is 26.4 Å². The van der Waals surface area contributed by atoms with Crippen LogP contribution in [0.1, 0.15) is 18.1 Å². The maximum Gasteiger partial charge on any atom is 0.416 e. The van der Waals surface area contributed by atoms with Crippen molar-refractivity contribution in [1.29, 1.82) is 0 Å². The molecular formula is C22H24F3N3O3S. The third-order valence-corrected chi connectivity index (χ3v) is 8.03. The molecule has 4 rings (SSSR count). The molecule has 0 aromatic heterocycles. The quantitative estimate of drug-likeness (QED) is 0.694. The summed E-state index contributed by atoms with van der Waals surface area (Å²) in [5.74, 6) is -0.0378. The molecule has 1 saturated heterocycles. The van der Waals surface area contributed by atoms with Gasteiger partial charge in [-0.1, -0.05) is 24.3 Å². The van der Waals surface area contributed by atoms with Gasteiger partial charge in [-0.15, -0.1) is 0 Å². The largest absolute Gasteiger partial charge is 0.416 e. The van der Waals surface area contributed by atoms with Crippen LogP contribution in [0.25, 0.3) is 0 Å². The van der Waals surface area contributed by atoms with Crippen molar-refractivity contribution in [3.05, 3.63) is 59.7 Å². The fourth-order valence-corrected chi connectivity index (χ4v) is 5.73. The molecule has 32 heavy (non-hydrogen) atoms. The molecule has 0 bridgehead atoms. The number of fused-ring (bicyclic) bond motifs is 1. The number of hydrogen-bond acceptors (Lipinski definition) is 4. The maximum atomic E-state index is 13.1. The van der Waals surface area contributed by atoms with E-state index in [9.17, 15) is 26.4 Å². The predicted molar refractivity (Wildman–Crippen MR) is 114 cm³/mol. The number of amides is 1. The van der Waals surface area contributed by atoms with E-state index in [1.165, 1.54) is 10.4 Å². The Balaban J connectivity index is 1.42. The van der Waals surface area contributed by atoms with Crippen LogP contribution < -0.4 is 4.90 Å². The Morgan fingerprint density at radius 3 is 2.34 bits per heavy atom. The summed E-state index contributed by atoms with van der Waals surface area (Å²) in [6.07, 6.45) is -3.81. The first-order valence-electron chi connectivity index (χ1n) is 10.4. The lowest BCUT2D eigenvalue weighted by molar-refractivity contribution is -0.137. The van der Waals surface area contributed by atoms with Crippen molar-refractivity contribution in [2.45, 2.75) is 30.5 Å². The maximum absolute atomic E-state index is 13.1. The lowest BCUT2D eigenvalue weighted by atomic mass is 10.1. The molecule has 0 spiro atoms. The fourth-order valence-electron chi connectivity index (χ4n) is 4.26. The molecule has 2 aliphatic heterocycles. The average Bonchev–Trinajstić information content (AvgIpc) is 3.22. The van der Waals surface area contributed by atoms with Gasteiger partial charge in [0.1, 0.15) is 0 Å². The number of hydrogen-bond donors (Lipinski definition) is 0. The summed E-state index contributed by atoms with van der Waals surface area (Å²) >= 11 is 0. The van der Waals surface area contributed by atoms with Crippen molar-refractivity contribution in [3.63, 3.8) is 0 Å². The fraction of sp³-hybridized carbons (Fsp3) is 0.409. The number of halogens is 3. The summed E-state index contributed by atoms with van der Waals surface area (Å²) in [5.41, 5.74) is 1.04. The summed E-state index contributed by atoms with van der Waals surface area (Å²) in [4.78, 5) is 16.4. The Bertz CT molecular complexity index is 1110. The van der Waals surface area contributed by atoms with Crippen LogP contribution in [-0.2, 0) is 27.4 Å². The Morgan fingerprint density at radius 2 is 1.66 bits per heavy atom. The van der Waals surface area contributed by atoms with E-state index in [1.807, 2.05) is 29.2 Å². The molecular weight excluding hydrogens is 443 g/mol. The van der Waals surface area contributed by atoms with E-state index in [0.717, 1.165) is 29.8 Å². The van der Waals surface area contributed by atoms with E-state index in [2.05, 4.69) is 0 Å². The van der Waals surface area contributed by atoms with Gasteiger partial charge < -0.3 is 4.90 Å². The normalized spacial score (nSPS) is 19.1. The van der Waals surface area contributed by atoms with Gasteiger partial charge in [-0.3, -0.25) is 9.69 Å². The number of carbonyl (C=O) groups excluding carboxylic acids is 1. The molecule has 2 aromatic carbocycles. The first-order valence-corrected chi connectivity index (χ1v) is 11.8.